The molecule has 1 aliphatic carbocycles. The molecule has 2 N–H and O–H groups in total. The summed E-state index contributed by atoms with van der Waals surface area (Å²) < 4.78 is 4.83. The molecule has 17 heavy (non-hydrogen) atoms. The zero-order chi connectivity index (χ0) is 11.9. The van der Waals surface area contributed by atoms with Crippen molar-refractivity contribution in [2.75, 3.05) is 7.11 Å². The third kappa shape index (κ3) is 2.26. The Kier molecular flexibility index (Phi) is 4.70. The number of ether oxygens (including phenoxy) is 1. The molecule has 0 aromatic carbocycles. The van der Waals surface area contributed by atoms with Crippen LogP contribution in [0.2, 0.25) is 0 Å². The average molecular weight is 448 g/mol. The molecule has 0 aliphatic heterocycles. The largest absolute Gasteiger partial charge is 0.492 e. The van der Waals surface area contributed by atoms with Gasteiger partial charge in [0, 0.05) is 61.4 Å². The van der Waals surface area contributed by atoms with Gasteiger partial charge in [-0.15, -0.1) is 0 Å². The number of aromatic nitrogens is 1. The first-order chi connectivity index (χ1) is 7.60. The van der Waals surface area contributed by atoms with Crippen molar-refractivity contribution < 1.29 is 63.5 Å². The molecule has 5 nitrogen and oxygen atoms in total. The van der Waals surface area contributed by atoms with Gasteiger partial charge in [0.15, 0.2) is 5.76 Å². The van der Waals surface area contributed by atoms with Crippen molar-refractivity contribution in [1.82, 2.24) is 4.98 Å². The van der Waals surface area contributed by atoms with Gasteiger partial charge in [-0.25, -0.2) is 0 Å². The molecule has 0 spiro atoms. The minimum absolute atomic E-state index is 0. The molecule has 1 aromatic rings. The molecule has 1 aliphatic rings. The first-order valence-corrected chi connectivity index (χ1v) is 4.77. The number of allylic oxidation sites excluding steroid dienone is 2. The third-order valence-electron chi connectivity index (χ3n) is 2.65. The number of aryl methyl sites for hydroxylation is 1. The van der Waals surface area contributed by atoms with Crippen molar-refractivity contribution >= 4 is 11.6 Å². The van der Waals surface area contributed by atoms with E-state index in [4.69, 9.17) is 4.74 Å². The van der Waals surface area contributed by atoms with Crippen molar-refractivity contribution in [2.45, 2.75) is 13.5 Å². The average Bonchev–Trinajstić information content (AvgIpc) is 2.61. The molecule has 1 aromatic heterocycles. The predicted molar refractivity (Wildman–Crippen MR) is 55.2 cm³/mol. The first-order valence-electron chi connectivity index (χ1n) is 4.77. The normalized spacial score (nSPS) is 13.9. The van der Waals surface area contributed by atoms with Gasteiger partial charge in [0.05, 0.1) is 25.0 Å². The number of hydrogen-bond donors (Lipinski definition) is 2. The Morgan fingerprint density at radius 2 is 2.06 bits per heavy atom. The Balaban J connectivity index is 0.00000144. The van der Waals surface area contributed by atoms with Crippen LogP contribution in [-0.2, 0) is 11.3 Å². The van der Waals surface area contributed by atoms with Gasteiger partial charge in [0.1, 0.15) is 0 Å². The Morgan fingerprint density at radius 3 is 2.59 bits per heavy atom. The fourth-order valence-corrected chi connectivity index (χ4v) is 1.83. The molecule has 87 valence electrons. The molecule has 0 bridgehead atoms. The Bertz CT molecular complexity index is 516. The minimum Gasteiger partial charge on any atom is -0.492 e. The molecule has 0 amide bonds. The van der Waals surface area contributed by atoms with Gasteiger partial charge in [-0.05, 0) is 6.92 Å². The molecule has 1 radical (unpaired) electrons. The molecular weight excluding hydrogens is 437 g/mol. The smallest absolute Gasteiger partial charge is 0.230 e. The molecule has 0 saturated heterocycles. The summed E-state index contributed by atoms with van der Waals surface area (Å²) in [5, 5.41) is 9.18. The molecule has 1 heterocycles. The van der Waals surface area contributed by atoms with E-state index in [1.54, 1.807) is 6.92 Å². The molecular formula is C11H11AcNO4. The number of fused-ring (bicyclic) bond motifs is 1. The van der Waals surface area contributed by atoms with Gasteiger partial charge in [-0.1, -0.05) is 0 Å². The van der Waals surface area contributed by atoms with Crippen LogP contribution in [0.25, 0.3) is 0 Å². The van der Waals surface area contributed by atoms with Gasteiger partial charge in [0.25, 0.3) is 0 Å². The number of carbonyl (C=O) groups is 2. The standard InChI is InChI=1S/C11H11NO4.Ac/c1-5-6(4-13)9-10(12-5)7(14)3-8(16-2)11(9)15;/h3,12-13H,4H2,1-2H3;. The van der Waals surface area contributed by atoms with Crippen molar-refractivity contribution in [1.29, 1.82) is 0 Å². The van der Waals surface area contributed by atoms with Crippen LogP contribution in [0.4, 0.5) is 0 Å². The minimum atomic E-state index is -0.370. The Labute approximate surface area is 134 Å². The second-order valence-electron chi connectivity index (χ2n) is 3.54. The number of aliphatic hydroxyl groups is 1. The summed E-state index contributed by atoms with van der Waals surface area (Å²) in [6.07, 6.45) is 1.15. The molecule has 0 fully saturated rings. The number of carbonyl (C=O) groups excluding carboxylic acids is 2. The number of aromatic amines is 1. The Hall–Kier alpha value is -0.438. The maximum Gasteiger partial charge on any atom is 0.230 e. The van der Waals surface area contributed by atoms with E-state index in [1.807, 2.05) is 0 Å². The maximum absolute atomic E-state index is 11.9. The summed E-state index contributed by atoms with van der Waals surface area (Å²) in [4.78, 5) is 26.4. The molecule has 0 atom stereocenters. The summed E-state index contributed by atoms with van der Waals surface area (Å²) in [6, 6.07) is 0. The quantitative estimate of drug-likeness (QED) is 0.700. The predicted octanol–water partition coefficient (Wildman–Crippen LogP) is 0.725. The van der Waals surface area contributed by atoms with Crippen LogP contribution in [0.5, 0.6) is 0 Å². The van der Waals surface area contributed by atoms with Gasteiger partial charge in [-0.2, -0.15) is 0 Å². The van der Waals surface area contributed by atoms with Crippen molar-refractivity contribution in [3.8, 4) is 0 Å². The van der Waals surface area contributed by atoms with E-state index >= 15 is 0 Å². The summed E-state index contributed by atoms with van der Waals surface area (Å²) >= 11 is 0. The summed E-state index contributed by atoms with van der Waals surface area (Å²) in [5.41, 5.74) is 1.53. The zero-order valence-corrected chi connectivity index (χ0v) is 14.3. The second-order valence-corrected chi connectivity index (χ2v) is 3.54. The van der Waals surface area contributed by atoms with Crippen molar-refractivity contribution in [2.24, 2.45) is 0 Å². The number of aliphatic hydroxyl groups excluding tert-OH is 1. The Morgan fingerprint density at radius 1 is 1.41 bits per heavy atom. The van der Waals surface area contributed by atoms with Gasteiger partial charge in [-0.3, -0.25) is 9.59 Å². The number of nitrogens with one attached hydrogen (secondary N) is 1. The van der Waals surface area contributed by atoms with Gasteiger partial charge < -0.3 is 14.8 Å². The van der Waals surface area contributed by atoms with Crippen LogP contribution in [0.15, 0.2) is 11.8 Å². The van der Waals surface area contributed by atoms with Crippen LogP contribution in [-0.4, -0.2) is 28.8 Å². The first kappa shape index (κ1) is 14.6. The number of H-pyrrole nitrogens is 1. The van der Waals surface area contributed by atoms with E-state index < -0.39 is 0 Å². The SMILES string of the molecule is COC1=CC(=O)c2[nH]c(C)c(CO)c2C1=O.[Ac]. The van der Waals surface area contributed by atoms with Gasteiger partial charge >= 0.3 is 0 Å². The van der Waals surface area contributed by atoms with Gasteiger partial charge in [0.2, 0.25) is 11.6 Å². The topological polar surface area (TPSA) is 79.4 Å². The van der Waals surface area contributed by atoms with Crippen LogP contribution >= 0.6 is 0 Å². The van der Waals surface area contributed by atoms with E-state index in [2.05, 4.69) is 4.98 Å². The maximum atomic E-state index is 11.9. The second kappa shape index (κ2) is 5.47. The van der Waals surface area contributed by atoms with Crippen molar-refractivity contribution in [3.63, 3.8) is 0 Å². The number of ketones is 2. The number of methoxy groups -OCH3 is 1. The van der Waals surface area contributed by atoms with E-state index in [0.29, 0.717) is 11.3 Å². The molecule has 0 saturated carbocycles. The summed E-state index contributed by atoms with van der Waals surface area (Å²) in [6.45, 7) is 1.42. The molecule has 2 rings (SSSR count). The van der Waals surface area contributed by atoms with E-state index in [1.165, 1.54) is 7.11 Å². The van der Waals surface area contributed by atoms with Crippen molar-refractivity contribution in [3.05, 3.63) is 34.3 Å². The number of hydrogen-bond acceptors (Lipinski definition) is 4. The zero-order valence-electron chi connectivity index (χ0n) is 9.53. The van der Waals surface area contributed by atoms with E-state index in [9.17, 15) is 14.7 Å². The summed E-state index contributed by atoms with van der Waals surface area (Å²) in [7, 11) is 1.33. The molecule has 6 heteroatoms. The van der Waals surface area contributed by atoms with E-state index in [-0.39, 0.29) is 79.3 Å². The number of Topliss-reactive ketones (excluding diaryl/α,β-unsaturated/α-hetero) is 1. The number of rotatable bonds is 2. The van der Waals surface area contributed by atoms with Crippen LogP contribution < -0.4 is 0 Å². The summed E-state index contributed by atoms with van der Waals surface area (Å²) in [5.74, 6) is -0.675. The third-order valence-corrected chi connectivity index (χ3v) is 2.65. The van der Waals surface area contributed by atoms with E-state index in [0.717, 1.165) is 6.08 Å². The fourth-order valence-electron chi connectivity index (χ4n) is 1.83. The monoisotopic (exact) mass is 448 g/mol. The molecule has 0 unspecified atom stereocenters. The van der Waals surface area contributed by atoms with Crippen LogP contribution in [0, 0.1) is 51.0 Å². The fraction of sp³-hybridized carbons (Fsp3) is 0.273. The van der Waals surface area contributed by atoms with Crippen LogP contribution in [0.3, 0.4) is 0 Å². The van der Waals surface area contributed by atoms with Crippen LogP contribution in [0.1, 0.15) is 32.1 Å².